The van der Waals surface area contributed by atoms with Gasteiger partial charge in [-0.15, -0.1) is 0 Å². The van der Waals surface area contributed by atoms with Gasteiger partial charge in [-0.3, -0.25) is 9.59 Å². The van der Waals surface area contributed by atoms with Crippen LogP contribution in [0.2, 0.25) is 0 Å². The summed E-state index contributed by atoms with van der Waals surface area (Å²) < 4.78 is 0. The monoisotopic (exact) mass is 377 g/mol. The van der Waals surface area contributed by atoms with E-state index in [1.165, 1.54) is 24.1 Å². The second-order valence-corrected chi connectivity index (χ2v) is 7.77. The maximum absolute atomic E-state index is 12.6. The van der Waals surface area contributed by atoms with Crippen LogP contribution in [0.4, 0.5) is 11.4 Å². The fourth-order valence-corrected chi connectivity index (χ4v) is 4.10. The van der Waals surface area contributed by atoms with Crippen LogP contribution in [0.1, 0.15) is 47.2 Å². The maximum Gasteiger partial charge on any atom is 0.255 e. The molecule has 2 aromatic carbocycles. The van der Waals surface area contributed by atoms with Crippen molar-refractivity contribution in [1.29, 1.82) is 0 Å². The summed E-state index contributed by atoms with van der Waals surface area (Å²) in [4.78, 5) is 28.6. The minimum absolute atomic E-state index is 0.114. The number of anilines is 2. The molecule has 0 bridgehead atoms. The molecule has 2 aliphatic heterocycles. The predicted molar refractivity (Wildman–Crippen MR) is 112 cm³/mol. The number of rotatable bonds is 5. The van der Waals surface area contributed by atoms with Crippen LogP contribution >= 0.6 is 0 Å². The molecule has 2 aliphatic rings. The summed E-state index contributed by atoms with van der Waals surface area (Å²) in [5.41, 5.74) is 4.94. The number of hydrogen-bond donors (Lipinski definition) is 1. The maximum atomic E-state index is 12.6. The second kappa shape index (κ2) is 8.05. The molecule has 5 heteroatoms. The Hall–Kier alpha value is -2.82. The van der Waals surface area contributed by atoms with Crippen molar-refractivity contribution in [2.45, 2.75) is 39.2 Å². The van der Waals surface area contributed by atoms with Gasteiger partial charge in [-0.25, -0.2) is 0 Å². The summed E-state index contributed by atoms with van der Waals surface area (Å²) in [6, 6.07) is 13.6. The first-order valence-electron chi connectivity index (χ1n) is 10.1. The van der Waals surface area contributed by atoms with Crippen molar-refractivity contribution in [2.24, 2.45) is 0 Å². The van der Waals surface area contributed by atoms with Gasteiger partial charge in [-0.05, 0) is 67.6 Å². The average molecular weight is 377 g/mol. The van der Waals surface area contributed by atoms with E-state index in [9.17, 15) is 9.59 Å². The molecule has 0 atom stereocenters. The zero-order valence-electron chi connectivity index (χ0n) is 16.4. The summed E-state index contributed by atoms with van der Waals surface area (Å²) in [6.45, 7) is 5.77. The Balaban J connectivity index is 1.39. The summed E-state index contributed by atoms with van der Waals surface area (Å²) in [7, 11) is 0. The van der Waals surface area contributed by atoms with E-state index in [0.717, 1.165) is 37.3 Å². The molecule has 4 rings (SSSR count). The van der Waals surface area contributed by atoms with Crippen molar-refractivity contribution in [3.05, 3.63) is 59.2 Å². The lowest BCUT2D eigenvalue weighted by molar-refractivity contribution is -0.128. The van der Waals surface area contributed by atoms with E-state index in [-0.39, 0.29) is 11.8 Å². The molecule has 0 saturated carbocycles. The van der Waals surface area contributed by atoms with Crippen LogP contribution in [0.25, 0.3) is 0 Å². The third-order valence-corrected chi connectivity index (χ3v) is 5.66. The van der Waals surface area contributed by atoms with E-state index in [0.29, 0.717) is 18.5 Å². The van der Waals surface area contributed by atoms with E-state index in [1.807, 2.05) is 41.3 Å². The normalized spacial score (nSPS) is 16.7. The minimum atomic E-state index is -0.114. The molecule has 2 amide bonds. The van der Waals surface area contributed by atoms with Crippen molar-refractivity contribution in [1.82, 2.24) is 4.90 Å². The van der Waals surface area contributed by atoms with Gasteiger partial charge in [-0.2, -0.15) is 0 Å². The van der Waals surface area contributed by atoms with Gasteiger partial charge in [0, 0.05) is 49.5 Å². The van der Waals surface area contributed by atoms with Crippen LogP contribution in [0.5, 0.6) is 0 Å². The minimum Gasteiger partial charge on any atom is -0.371 e. The molecular formula is C23H27N3O2. The van der Waals surface area contributed by atoms with Gasteiger partial charge in [-0.1, -0.05) is 12.1 Å². The topological polar surface area (TPSA) is 52.7 Å². The number of carbonyl (C=O) groups excluding carboxylic acids is 2. The summed E-state index contributed by atoms with van der Waals surface area (Å²) >= 11 is 0. The first-order valence-corrected chi connectivity index (χ1v) is 10.1. The number of nitrogens with one attached hydrogen (secondary N) is 1. The highest BCUT2D eigenvalue weighted by atomic mass is 16.2. The molecule has 28 heavy (non-hydrogen) atoms. The van der Waals surface area contributed by atoms with E-state index in [4.69, 9.17) is 0 Å². The molecular weight excluding hydrogens is 350 g/mol. The van der Waals surface area contributed by atoms with Crippen molar-refractivity contribution in [3.8, 4) is 0 Å². The lowest BCUT2D eigenvalue weighted by Gasteiger charge is -2.20. The number of carbonyl (C=O) groups is 2. The molecule has 5 nitrogen and oxygen atoms in total. The number of nitrogens with zero attached hydrogens (tertiary/aromatic N) is 2. The first-order chi connectivity index (χ1) is 13.6. The van der Waals surface area contributed by atoms with E-state index in [2.05, 4.69) is 23.2 Å². The van der Waals surface area contributed by atoms with E-state index >= 15 is 0 Å². The average Bonchev–Trinajstić information content (AvgIpc) is 3.35. The van der Waals surface area contributed by atoms with Crippen molar-refractivity contribution < 1.29 is 9.59 Å². The Morgan fingerprint density at radius 3 is 2.39 bits per heavy atom. The van der Waals surface area contributed by atoms with Crippen molar-refractivity contribution in [3.63, 3.8) is 0 Å². The van der Waals surface area contributed by atoms with Crippen LogP contribution in [0.3, 0.4) is 0 Å². The van der Waals surface area contributed by atoms with Crippen LogP contribution in [-0.2, 0) is 11.3 Å². The Morgan fingerprint density at radius 2 is 1.75 bits per heavy atom. The molecule has 0 aromatic heterocycles. The van der Waals surface area contributed by atoms with Gasteiger partial charge in [0.1, 0.15) is 0 Å². The van der Waals surface area contributed by atoms with Crippen molar-refractivity contribution in [2.75, 3.05) is 29.9 Å². The van der Waals surface area contributed by atoms with Gasteiger partial charge >= 0.3 is 0 Å². The zero-order valence-corrected chi connectivity index (χ0v) is 16.4. The van der Waals surface area contributed by atoms with E-state index in [1.54, 1.807) is 0 Å². The van der Waals surface area contributed by atoms with Gasteiger partial charge in [0.05, 0.1) is 0 Å². The van der Waals surface area contributed by atoms with Crippen LogP contribution in [0.15, 0.2) is 42.5 Å². The Labute approximate surface area is 166 Å². The predicted octanol–water partition coefficient (Wildman–Crippen LogP) is 3.97. The van der Waals surface area contributed by atoms with Gasteiger partial charge < -0.3 is 15.1 Å². The fourth-order valence-electron chi connectivity index (χ4n) is 4.10. The largest absolute Gasteiger partial charge is 0.371 e. The number of hydrogen-bond acceptors (Lipinski definition) is 3. The third-order valence-electron chi connectivity index (χ3n) is 5.66. The molecule has 2 heterocycles. The SMILES string of the molecule is Cc1cc(NC(=O)c2ccc(CN3CCCC3=O)cc2)ccc1N1CCCC1. The molecule has 0 spiro atoms. The van der Waals surface area contributed by atoms with Gasteiger partial charge in [0.25, 0.3) is 5.91 Å². The summed E-state index contributed by atoms with van der Waals surface area (Å²) in [5.74, 6) is 0.103. The Bertz CT molecular complexity index is 870. The number of aryl methyl sites for hydroxylation is 1. The van der Waals surface area contributed by atoms with Gasteiger partial charge in [0.15, 0.2) is 0 Å². The molecule has 0 radical (unpaired) electrons. The highest BCUT2D eigenvalue weighted by molar-refractivity contribution is 6.04. The second-order valence-electron chi connectivity index (χ2n) is 7.77. The lowest BCUT2D eigenvalue weighted by atomic mass is 10.1. The highest BCUT2D eigenvalue weighted by Gasteiger charge is 2.20. The molecule has 2 fully saturated rings. The van der Waals surface area contributed by atoms with Gasteiger partial charge in [0.2, 0.25) is 5.91 Å². The number of amides is 2. The summed E-state index contributed by atoms with van der Waals surface area (Å²) in [5, 5.41) is 2.99. The fraction of sp³-hybridized carbons (Fsp3) is 0.391. The molecule has 0 unspecified atom stereocenters. The number of benzene rings is 2. The quantitative estimate of drug-likeness (QED) is 0.858. The molecule has 146 valence electrons. The van der Waals surface area contributed by atoms with Crippen LogP contribution in [-0.4, -0.2) is 36.3 Å². The first kappa shape index (κ1) is 18.5. The summed E-state index contributed by atoms with van der Waals surface area (Å²) in [6.07, 6.45) is 4.09. The Kier molecular flexibility index (Phi) is 5.33. The smallest absolute Gasteiger partial charge is 0.255 e. The highest BCUT2D eigenvalue weighted by Crippen LogP contribution is 2.27. The molecule has 1 N–H and O–H groups in total. The lowest BCUT2D eigenvalue weighted by Crippen LogP contribution is -2.23. The zero-order chi connectivity index (χ0) is 19.5. The van der Waals surface area contributed by atoms with Crippen molar-refractivity contribution >= 4 is 23.2 Å². The molecule has 2 saturated heterocycles. The molecule has 0 aliphatic carbocycles. The molecule has 2 aromatic rings. The Morgan fingerprint density at radius 1 is 1.00 bits per heavy atom. The van der Waals surface area contributed by atoms with E-state index < -0.39 is 0 Å². The van der Waals surface area contributed by atoms with Crippen LogP contribution in [0, 0.1) is 6.92 Å². The van der Waals surface area contributed by atoms with Crippen LogP contribution < -0.4 is 10.2 Å². The standard InChI is InChI=1S/C23H27N3O2/c1-17-15-20(10-11-21(17)25-12-2-3-13-25)24-23(28)19-8-6-18(7-9-19)16-26-14-4-5-22(26)27/h6-11,15H,2-5,12-14,16H2,1H3,(H,24,28). The third kappa shape index (κ3) is 4.03. The number of likely N-dealkylation sites (tertiary alicyclic amines) is 1.